The van der Waals surface area contributed by atoms with Crippen LogP contribution in [-0.4, -0.2) is 39.7 Å². The predicted octanol–water partition coefficient (Wildman–Crippen LogP) is 3.58. The van der Waals surface area contributed by atoms with Gasteiger partial charge in [0.05, 0.1) is 11.8 Å². The molecule has 2 amide bonds. The van der Waals surface area contributed by atoms with Gasteiger partial charge in [-0.05, 0) is 52.8 Å². The van der Waals surface area contributed by atoms with E-state index in [1.54, 1.807) is 11.8 Å². The van der Waals surface area contributed by atoms with Crippen molar-refractivity contribution in [1.29, 1.82) is 0 Å². The van der Waals surface area contributed by atoms with Crippen LogP contribution in [0.5, 0.6) is 0 Å². The minimum atomic E-state index is -0.581. The lowest BCUT2D eigenvalue weighted by Gasteiger charge is -2.28. The Hall–Kier alpha value is -2.34. The number of nitrogens with one attached hydrogen (secondary N) is 1. The molecule has 6 heteroatoms. The highest BCUT2D eigenvalue weighted by atomic mass is 16.4. The molecular weight excluding hydrogens is 306 g/mol. The largest absolute Gasteiger partial charge is 0.441 e. The maximum atomic E-state index is 12.5. The van der Waals surface area contributed by atoms with E-state index in [1.807, 2.05) is 52.0 Å². The van der Waals surface area contributed by atoms with Crippen LogP contribution in [0.4, 0.5) is 10.5 Å². The number of anilines is 1. The van der Waals surface area contributed by atoms with Crippen molar-refractivity contribution in [2.24, 2.45) is 0 Å². The van der Waals surface area contributed by atoms with Gasteiger partial charge in [0, 0.05) is 23.8 Å². The van der Waals surface area contributed by atoms with Gasteiger partial charge in [-0.15, -0.1) is 0 Å². The van der Waals surface area contributed by atoms with E-state index < -0.39 is 6.10 Å². The number of aromatic nitrogens is 1. The van der Waals surface area contributed by atoms with Crippen molar-refractivity contribution in [3.8, 4) is 11.5 Å². The molecule has 0 bridgehead atoms. The van der Waals surface area contributed by atoms with Crippen LogP contribution in [-0.2, 0) is 0 Å². The summed E-state index contributed by atoms with van der Waals surface area (Å²) in [6.07, 6.45) is -0.581. The van der Waals surface area contributed by atoms with Crippen molar-refractivity contribution in [1.82, 2.24) is 9.88 Å². The molecule has 0 aliphatic carbocycles. The molecule has 1 unspecified atom stereocenters. The molecule has 24 heavy (non-hydrogen) atoms. The van der Waals surface area contributed by atoms with Crippen molar-refractivity contribution in [2.45, 2.75) is 46.8 Å². The zero-order valence-electron chi connectivity index (χ0n) is 14.8. The van der Waals surface area contributed by atoms with Gasteiger partial charge in [-0.25, -0.2) is 9.78 Å². The van der Waals surface area contributed by atoms with Gasteiger partial charge < -0.3 is 19.7 Å². The highest BCUT2D eigenvalue weighted by Crippen LogP contribution is 2.24. The third-order valence-corrected chi connectivity index (χ3v) is 3.73. The lowest BCUT2D eigenvalue weighted by Crippen LogP contribution is -2.43. The number of hydrogen-bond acceptors (Lipinski definition) is 4. The zero-order valence-corrected chi connectivity index (χ0v) is 14.8. The predicted molar refractivity (Wildman–Crippen MR) is 94.0 cm³/mol. The number of aliphatic hydroxyl groups excluding tert-OH is 1. The summed E-state index contributed by atoms with van der Waals surface area (Å²) in [6.45, 7) is 9.53. The number of rotatable bonds is 5. The van der Waals surface area contributed by atoms with Crippen LogP contribution in [0.2, 0.25) is 0 Å². The number of carbonyl (C=O) groups is 1. The molecule has 0 fully saturated rings. The molecule has 1 aromatic heterocycles. The summed E-state index contributed by atoms with van der Waals surface area (Å²) in [4.78, 5) is 18.4. The number of aliphatic hydroxyl groups is 1. The summed E-state index contributed by atoms with van der Waals surface area (Å²) in [5, 5.41) is 12.4. The molecule has 0 aliphatic heterocycles. The van der Waals surface area contributed by atoms with Gasteiger partial charge in [-0.3, -0.25) is 0 Å². The SMILES string of the molecule is Cc1nc(-c2cccc(NC(=O)N(CC(C)O)C(C)C)c2)oc1C. The summed E-state index contributed by atoms with van der Waals surface area (Å²) < 4.78 is 5.63. The first kappa shape index (κ1) is 18.0. The van der Waals surface area contributed by atoms with Crippen LogP contribution in [0.25, 0.3) is 11.5 Å². The van der Waals surface area contributed by atoms with Crippen LogP contribution < -0.4 is 5.32 Å². The van der Waals surface area contributed by atoms with E-state index in [9.17, 15) is 9.90 Å². The van der Waals surface area contributed by atoms with Gasteiger partial charge in [-0.1, -0.05) is 6.07 Å². The first-order chi connectivity index (χ1) is 11.3. The summed E-state index contributed by atoms with van der Waals surface area (Å²) >= 11 is 0. The number of benzene rings is 1. The molecule has 2 N–H and O–H groups in total. The van der Waals surface area contributed by atoms with E-state index in [2.05, 4.69) is 10.3 Å². The van der Waals surface area contributed by atoms with Gasteiger partial charge in [0.25, 0.3) is 0 Å². The first-order valence-electron chi connectivity index (χ1n) is 8.08. The van der Waals surface area contributed by atoms with E-state index in [4.69, 9.17) is 4.42 Å². The molecular formula is C18H25N3O3. The first-order valence-corrected chi connectivity index (χ1v) is 8.08. The Labute approximate surface area is 142 Å². The molecule has 0 radical (unpaired) electrons. The standard InChI is InChI=1S/C18H25N3O3/c1-11(2)21(10-12(3)22)18(23)20-16-8-6-7-15(9-16)17-19-13(4)14(5)24-17/h6-9,11-12,22H,10H2,1-5H3,(H,20,23). The second-order valence-corrected chi connectivity index (χ2v) is 6.27. The zero-order chi connectivity index (χ0) is 17.9. The molecule has 1 heterocycles. The second-order valence-electron chi connectivity index (χ2n) is 6.27. The molecule has 130 valence electrons. The van der Waals surface area contributed by atoms with Crippen molar-refractivity contribution in [3.05, 3.63) is 35.7 Å². The highest BCUT2D eigenvalue weighted by Gasteiger charge is 2.19. The van der Waals surface area contributed by atoms with Crippen molar-refractivity contribution < 1.29 is 14.3 Å². The molecule has 0 aliphatic rings. The number of nitrogens with zero attached hydrogens (tertiary/aromatic N) is 2. The van der Waals surface area contributed by atoms with Gasteiger partial charge >= 0.3 is 6.03 Å². The van der Waals surface area contributed by atoms with Crippen LogP contribution in [0.1, 0.15) is 32.2 Å². The Morgan fingerprint density at radius 2 is 2.04 bits per heavy atom. The minimum Gasteiger partial charge on any atom is -0.441 e. The number of amides is 2. The lowest BCUT2D eigenvalue weighted by atomic mass is 10.2. The number of hydrogen-bond donors (Lipinski definition) is 2. The molecule has 1 atom stereocenters. The van der Waals surface area contributed by atoms with Gasteiger partial charge in [-0.2, -0.15) is 0 Å². The Kier molecular flexibility index (Phi) is 5.62. The summed E-state index contributed by atoms with van der Waals surface area (Å²) in [6, 6.07) is 7.10. The van der Waals surface area contributed by atoms with Crippen molar-refractivity contribution in [3.63, 3.8) is 0 Å². The van der Waals surface area contributed by atoms with E-state index in [1.165, 1.54) is 0 Å². The van der Waals surface area contributed by atoms with Crippen LogP contribution >= 0.6 is 0 Å². The smallest absolute Gasteiger partial charge is 0.322 e. The van der Waals surface area contributed by atoms with Gasteiger partial charge in [0.2, 0.25) is 5.89 Å². The van der Waals surface area contributed by atoms with Crippen LogP contribution in [0.3, 0.4) is 0 Å². The summed E-state index contributed by atoms with van der Waals surface area (Å²) in [7, 11) is 0. The number of aryl methyl sites for hydroxylation is 2. The van der Waals surface area contributed by atoms with E-state index in [0.29, 0.717) is 11.6 Å². The maximum absolute atomic E-state index is 12.5. The molecule has 2 rings (SSSR count). The average molecular weight is 331 g/mol. The molecule has 0 saturated carbocycles. The lowest BCUT2D eigenvalue weighted by molar-refractivity contribution is 0.125. The average Bonchev–Trinajstić information content (AvgIpc) is 2.84. The van der Waals surface area contributed by atoms with Gasteiger partial charge in [0.1, 0.15) is 5.76 Å². The van der Waals surface area contributed by atoms with Crippen LogP contribution in [0, 0.1) is 13.8 Å². The fourth-order valence-electron chi connectivity index (χ4n) is 2.33. The molecule has 0 saturated heterocycles. The molecule has 2 aromatic rings. The number of urea groups is 1. The van der Waals surface area contributed by atoms with Crippen LogP contribution in [0.15, 0.2) is 28.7 Å². The molecule has 6 nitrogen and oxygen atoms in total. The molecule has 0 spiro atoms. The topological polar surface area (TPSA) is 78.6 Å². The van der Waals surface area contributed by atoms with E-state index in [-0.39, 0.29) is 18.6 Å². The number of oxazole rings is 1. The Balaban J connectivity index is 2.18. The monoisotopic (exact) mass is 331 g/mol. The third kappa shape index (κ3) is 4.35. The summed E-state index contributed by atoms with van der Waals surface area (Å²) in [5.74, 6) is 1.31. The quantitative estimate of drug-likeness (QED) is 0.878. The number of carbonyl (C=O) groups excluding carboxylic acids is 1. The van der Waals surface area contributed by atoms with E-state index >= 15 is 0 Å². The highest BCUT2D eigenvalue weighted by molar-refractivity contribution is 5.90. The Bertz CT molecular complexity index is 688. The van der Waals surface area contributed by atoms with Crippen molar-refractivity contribution >= 4 is 11.7 Å². The fourth-order valence-corrected chi connectivity index (χ4v) is 2.33. The van der Waals surface area contributed by atoms with E-state index in [0.717, 1.165) is 17.0 Å². The minimum absolute atomic E-state index is 0.0141. The van der Waals surface area contributed by atoms with Crippen molar-refractivity contribution in [2.75, 3.05) is 11.9 Å². The Morgan fingerprint density at radius 3 is 2.58 bits per heavy atom. The second kappa shape index (κ2) is 7.49. The normalized spacial score (nSPS) is 12.3. The summed E-state index contributed by atoms with van der Waals surface area (Å²) in [5.41, 5.74) is 2.31. The van der Waals surface area contributed by atoms with Gasteiger partial charge in [0.15, 0.2) is 0 Å². The fraction of sp³-hybridized carbons (Fsp3) is 0.444. The third-order valence-electron chi connectivity index (χ3n) is 3.73. The Morgan fingerprint density at radius 1 is 1.33 bits per heavy atom. The molecule has 1 aromatic carbocycles. The maximum Gasteiger partial charge on any atom is 0.322 e.